The lowest BCUT2D eigenvalue weighted by Gasteiger charge is -2.57. The summed E-state index contributed by atoms with van der Waals surface area (Å²) in [6.45, 7) is 5.49. The van der Waals surface area contributed by atoms with E-state index in [-0.39, 0.29) is 0 Å². The second-order valence-electron chi connectivity index (χ2n) is 12.2. The smallest absolute Gasteiger partial charge is 0.210 e. The van der Waals surface area contributed by atoms with Crippen LogP contribution in [0.1, 0.15) is 75.7 Å². The van der Waals surface area contributed by atoms with E-state index in [1.807, 2.05) is 0 Å². The summed E-state index contributed by atoms with van der Waals surface area (Å²) in [7, 11) is 0. The lowest BCUT2D eigenvalue weighted by Crippen LogP contribution is -2.59. The molecule has 2 aliphatic heterocycles. The predicted octanol–water partition coefficient (Wildman–Crippen LogP) is 5.27. The Kier molecular flexibility index (Phi) is 6.10. The van der Waals surface area contributed by atoms with E-state index in [1.165, 1.54) is 44.1 Å². The number of nitrogens with zero attached hydrogens (tertiary/aromatic N) is 1. The second kappa shape index (κ2) is 9.29. The Hall–Kier alpha value is -1.18. The maximum atomic E-state index is 6.97. The molecule has 35 heavy (non-hydrogen) atoms. The highest BCUT2D eigenvalue weighted by Crippen LogP contribution is 2.64. The van der Waals surface area contributed by atoms with E-state index >= 15 is 0 Å². The van der Waals surface area contributed by atoms with Crippen molar-refractivity contribution in [2.45, 2.75) is 81.7 Å². The fourth-order valence-electron chi connectivity index (χ4n) is 8.41. The van der Waals surface area contributed by atoms with Crippen molar-refractivity contribution in [2.24, 2.45) is 23.7 Å². The van der Waals surface area contributed by atoms with Crippen LogP contribution in [0.5, 0.6) is 5.75 Å². The van der Waals surface area contributed by atoms with Crippen LogP contribution in [0.25, 0.3) is 0 Å². The van der Waals surface area contributed by atoms with E-state index in [9.17, 15) is 0 Å². The van der Waals surface area contributed by atoms with Gasteiger partial charge in [-0.05, 0) is 86.8 Å². The quantitative estimate of drug-likeness (QED) is 0.532. The maximum Gasteiger partial charge on any atom is 0.210 e. The van der Waals surface area contributed by atoms with Crippen molar-refractivity contribution in [3.05, 3.63) is 29.8 Å². The molecule has 7 fully saturated rings. The average molecular weight is 484 g/mol. The highest BCUT2D eigenvalue weighted by Gasteiger charge is 2.67. The summed E-state index contributed by atoms with van der Waals surface area (Å²) < 4.78 is 18.6. The Morgan fingerprint density at radius 3 is 2.49 bits per heavy atom. The van der Waals surface area contributed by atoms with Crippen LogP contribution in [-0.2, 0) is 19.2 Å². The zero-order chi connectivity index (χ0) is 23.3. The first-order valence-corrected chi connectivity index (χ1v) is 14.3. The van der Waals surface area contributed by atoms with Crippen molar-refractivity contribution >= 4 is 0 Å². The molecule has 192 valence electrons. The van der Waals surface area contributed by atoms with Gasteiger partial charge in [0.2, 0.25) is 11.6 Å². The first-order chi connectivity index (χ1) is 17.2. The van der Waals surface area contributed by atoms with E-state index in [4.69, 9.17) is 24.0 Å². The van der Waals surface area contributed by atoms with Gasteiger partial charge in [-0.25, -0.2) is 0 Å². The molecule has 1 aromatic rings. The normalized spacial score (nSPS) is 43.1. The van der Waals surface area contributed by atoms with Crippen LogP contribution in [-0.4, -0.2) is 55.9 Å². The Labute approximate surface area is 209 Å². The Morgan fingerprint density at radius 2 is 1.69 bits per heavy atom. The number of rotatable bonds is 5. The summed E-state index contributed by atoms with van der Waals surface area (Å²) in [4.78, 5) is 14.9. The number of benzene rings is 1. The summed E-state index contributed by atoms with van der Waals surface area (Å²) in [5.41, 5.74) is 1.36. The summed E-state index contributed by atoms with van der Waals surface area (Å²) >= 11 is 0. The molecule has 0 amide bonds. The van der Waals surface area contributed by atoms with E-state index < -0.39 is 11.6 Å². The van der Waals surface area contributed by atoms with Crippen molar-refractivity contribution in [3.8, 4) is 5.75 Å². The van der Waals surface area contributed by atoms with Gasteiger partial charge in [0.25, 0.3) is 0 Å². The Bertz CT molecular complexity index is 854. The van der Waals surface area contributed by atoms with Gasteiger partial charge in [-0.1, -0.05) is 12.1 Å². The van der Waals surface area contributed by atoms with Gasteiger partial charge in [0, 0.05) is 50.9 Å². The summed E-state index contributed by atoms with van der Waals surface area (Å²) in [6.07, 6.45) is 11.7. The molecule has 6 nitrogen and oxygen atoms in total. The van der Waals surface area contributed by atoms with Crippen LogP contribution < -0.4 is 4.74 Å². The molecule has 5 aliphatic carbocycles. The van der Waals surface area contributed by atoms with Crippen LogP contribution in [0.3, 0.4) is 0 Å². The minimum atomic E-state index is -0.565. The van der Waals surface area contributed by atoms with Crippen LogP contribution >= 0.6 is 0 Å². The molecule has 6 heteroatoms. The number of hydrogen-bond acceptors (Lipinski definition) is 6. The fourth-order valence-corrected chi connectivity index (χ4v) is 8.41. The van der Waals surface area contributed by atoms with E-state index in [2.05, 4.69) is 29.2 Å². The molecule has 2 saturated heterocycles. The molecule has 1 aromatic carbocycles. The van der Waals surface area contributed by atoms with Gasteiger partial charge >= 0.3 is 0 Å². The molecule has 0 radical (unpaired) electrons. The van der Waals surface area contributed by atoms with Gasteiger partial charge in [0.1, 0.15) is 12.4 Å². The molecular weight excluding hydrogens is 442 g/mol. The maximum absolute atomic E-state index is 6.97. The molecule has 0 N–H and O–H groups in total. The number of hydrogen-bond donors (Lipinski definition) is 0. The zero-order valence-corrected chi connectivity index (χ0v) is 21.0. The molecule has 7 aliphatic rings. The molecule has 2 spiro atoms. The first-order valence-electron chi connectivity index (χ1n) is 14.3. The van der Waals surface area contributed by atoms with Crippen LogP contribution in [0.2, 0.25) is 0 Å². The topological polar surface area (TPSA) is 49.4 Å². The SMILES string of the molecule is c1cc(C2CCC[C@]3(C2)OOC2(O3)C3CC4CC(C3)CC2C4)ccc1OCCN1CCCOCC1. The lowest BCUT2D eigenvalue weighted by atomic mass is 9.53. The zero-order valence-electron chi connectivity index (χ0n) is 21.0. The summed E-state index contributed by atoms with van der Waals surface area (Å²) in [6, 6.07) is 8.75. The third kappa shape index (κ3) is 4.33. The van der Waals surface area contributed by atoms with Crippen molar-refractivity contribution in [2.75, 3.05) is 39.5 Å². The minimum absolute atomic E-state index is 0.436. The van der Waals surface area contributed by atoms with Gasteiger partial charge in [-0.2, -0.15) is 9.78 Å². The first kappa shape index (κ1) is 23.0. The monoisotopic (exact) mass is 483 g/mol. The third-order valence-corrected chi connectivity index (χ3v) is 9.96. The molecular formula is C29H41NO5. The predicted molar refractivity (Wildman–Crippen MR) is 131 cm³/mol. The van der Waals surface area contributed by atoms with Crippen LogP contribution in [0, 0.1) is 23.7 Å². The lowest BCUT2D eigenvalue weighted by molar-refractivity contribution is -0.390. The van der Waals surface area contributed by atoms with Gasteiger partial charge in [-0.15, -0.1) is 0 Å². The van der Waals surface area contributed by atoms with Gasteiger partial charge in [0.15, 0.2) is 0 Å². The largest absolute Gasteiger partial charge is 0.492 e. The molecule has 0 aromatic heterocycles. The van der Waals surface area contributed by atoms with Gasteiger partial charge < -0.3 is 14.2 Å². The second-order valence-corrected chi connectivity index (χ2v) is 12.2. The standard InChI is InChI=1S/C29H41NO5/c1-3-24(23-4-6-27(7-5-23)32-14-11-30-9-2-12-31-13-10-30)20-28(8-1)33-29(35-34-28)25-16-21-15-22(18-25)19-26(29)17-21/h4-7,21-22,24-26H,1-3,8-20H2/t21?,22?,24?,25?,26?,28-,29?/m1/s1. The van der Waals surface area contributed by atoms with Gasteiger partial charge in [-0.3, -0.25) is 4.90 Å². The van der Waals surface area contributed by atoms with Crippen molar-refractivity contribution < 1.29 is 24.0 Å². The molecule has 2 heterocycles. The fraction of sp³-hybridized carbons (Fsp3) is 0.793. The van der Waals surface area contributed by atoms with Gasteiger partial charge in [0.05, 0.1) is 6.61 Å². The molecule has 1 unspecified atom stereocenters. The van der Waals surface area contributed by atoms with Crippen LogP contribution in [0.15, 0.2) is 24.3 Å². The van der Waals surface area contributed by atoms with Crippen LogP contribution in [0.4, 0.5) is 0 Å². The Morgan fingerprint density at radius 1 is 0.886 bits per heavy atom. The Balaban J connectivity index is 0.968. The highest BCUT2D eigenvalue weighted by atomic mass is 17.3. The molecule has 2 atom stereocenters. The molecule has 5 saturated carbocycles. The third-order valence-electron chi connectivity index (χ3n) is 9.96. The average Bonchev–Trinajstić information content (AvgIpc) is 3.04. The highest BCUT2D eigenvalue weighted by molar-refractivity contribution is 5.30. The van der Waals surface area contributed by atoms with E-state index in [0.29, 0.717) is 17.8 Å². The molecule has 8 rings (SSSR count). The van der Waals surface area contributed by atoms with Crippen molar-refractivity contribution in [3.63, 3.8) is 0 Å². The van der Waals surface area contributed by atoms with E-state index in [1.54, 1.807) is 0 Å². The van der Waals surface area contributed by atoms with Crippen molar-refractivity contribution in [1.82, 2.24) is 4.90 Å². The van der Waals surface area contributed by atoms with Crippen molar-refractivity contribution in [1.29, 1.82) is 0 Å². The van der Waals surface area contributed by atoms with E-state index in [0.717, 1.165) is 82.7 Å². The summed E-state index contributed by atoms with van der Waals surface area (Å²) in [5.74, 6) is 3.19. The molecule has 4 bridgehead atoms. The minimum Gasteiger partial charge on any atom is -0.492 e. The summed E-state index contributed by atoms with van der Waals surface area (Å²) in [5, 5.41) is 0. The number of ether oxygens (including phenoxy) is 3.